The quantitative estimate of drug-likeness (QED) is 0.917. The maximum Gasteiger partial charge on any atom is 0.394 e. The fraction of sp³-hybridized carbons (Fsp3) is 0.412. The van der Waals surface area contributed by atoms with Gasteiger partial charge in [-0.25, -0.2) is 0 Å². The van der Waals surface area contributed by atoms with Crippen LogP contribution in [0.5, 0.6) is 0 Å². The predicted molar refractivity (Wildman–Crippen MR) is 85.7 cm³/mol. The van der Waals surface area contributed by atoms with Crippen molar-refractivity contribution in [1.29, 1.82) is 0 Å². The summed E-state index contributed by atoms with van der Waals surface area (Å²) in [4.78, 5) is 17.5. The number of primary amides is 1. The molecule has 7 heteroatoms. The Bertz CT molecular complexity index is 804. The second-order valence-electron chi connectivity index (χ2n) is 6.32. The number of nitrogens with two attached hydrogens (primary N) is 1. The number of pyridine rings is 1. The van der Waals surface area contributed by atoms with Gasteiger partial charge in [-0.1, -0.05) is 18.2 Å². The van der Waals surface area contributed by atoms with E-state index in [0.717, 1.165) is 22.0 Å². The highest BCUT2D eigenvalue weighted by molar-refractivity contribution is 5.95. The van der Waals surface area contributed by atoms with Crippen molar-refractivity contribution in [1.82, 2.24) is 4.98 Å². The van der Waals surface area contributed by atoms with Crippen LogP contribution in [0.4, 0.5) is 18.9 Å². The van der Waals surface area contributed by atoms with Gasteiger partial charge < -0.3 is 10.6 Å². The molecule has 1 amide bonds. The van der Waals surface area contributed by atoms with Gasteiger partial charge in [0.15, 0.2) is 0 Å². The van der Waals surface area contributed by atoms with Gasteiger partial charge in [-0.2, -0.15) is 13.2 Å². The Balaban J connectivity index is 2.10. The summed E-state index contributed by atoms with van der Waals surface area (Å²) in [5.74, 6) is -3.90. The smallest absolute Gasteiger partial charge is 0.369 e. The van der Waals surface area contributed by atoms with E-state index in [1.54, 1.807) is 11.1 Å². The first kappa shape index (κ1) is 16.5. The number of anilines is 1. The first-order valence-corrected chi connectivity index (χ1v) is 7.66. The zero-order valence-corrected chi connectivity index (χ0v) is 13.4. The number of carbonyl (C=O) groups excluding carboxylic acids is 1. The van der Waals surface area contributed by atoms with Crippen LogP contribution in [0.3, 0.4) is 0 Å². The van der Waals surface area contributed by atoms with E-state index in [2.05, 4.69) is 4.98 Å². The summed E-state index contributed by atoms with van der Waals surface area (Å²) >= 11 is 0. The Morgan fingerprint density at radius 1 is 1.25 bits per heavy atom. The van der Waals surface area contributed by atoms with Crippen LogP contribution < -0.4 is 10.6 Å². The number of carbonyl (C=O) groups is 1. The van der Waals surface area contributed by atoms with Crippen molar-refractivity contribution >= 4 is 22.5 Å². The molecule has 2 N–H and O–H groups in total. The number of para-hydroxylation sites is 1. The summed E-state index contributed by atoms with van der Waals surface area (Å²) in [7, 11) is 0. The van der Waals surface area contributed by atoms with E-state index in [1.807, 2.05) is 32.0 Å². The number of amides is 1. The van der Waals surface area contributed by atoms with Crippen molar-refractivity contribution in [2.24, 2.45) is 17.6 Å². The largest absolute Gasteiger partial charge is 0.394 e. The molecule has 0 spiro atoms. The third-order valence-corrected chi connectivity index (χ3v) is 4.68. The van der Waals surface area contributed by atoms with Crippen LogP contribution in [0.1, 0.15) is 11.1 Å². The van der Waals surface area contributed by atoms with Crippen molar-refractivity contribution in [2.45, 2.75) is 20.0 Å². The van der Waals surface area contributed by atoms with E-state index in [9.17, 15) is 18.0 Å². The van der Waals surface area contributed by atoms with Crippen molar-refractivity contribution in [3.8, 4) is 0 Å². The lowest BCUT2D eigenvalue weighted by Gasteiger charge is -2.23. The highest BCUT2D eigenvalue weighted by Gasteiger charge is 2.52. The standard InChI is InChI=1S/C17H18F3N3O/c1-9-4-3-5-11-14(9)22-6-10(2)15(11)23-7-12(16(21)24)13(8-23)17(18,19)20/h3-6,12-13H,7-8H2,1-2H3,(H2,21,24)/t12-,13-/m1/s1. The van der Waals surface area contributed by atoms with Crippen molar-refractivity contribution < 1.29 is 18.0 Å². The lowest BCUT2D eigenvalue weighted by molar-refractivity contribution is -0.181. The molecule has 1 aliphatic rings. The highest BCUT2D eigenvalue weighted by Crippen LogP contribution is 2.41. The van der Waals surface area contributed by atoms with Gasteiger partial charge in [0.2, 0.25) is 5.91 Å². The third kappa shape index (κ3) is 2.68. The van der Waals surface area contributed by atoms with Crippen LogP contribution in [0.2, 0.25) is 0 Å². The molecule has 0 saturated carbocycles. The lowest BCUT2D eigenvalue weighted by Crippen LogP contribution is -2.37. The van der Waals surface area contributed by atoms with Crippen molar-refractivity contribution in [2.75, 3.05) is 18.0 Å². The normalized spacial score (nSPS) is 21.5. The van der Waals surface area contributed by atoms with Crippen LogP contribution in [0, 0.1) is 25.7 Å². The molecule has 24 heavy (non-hydrogen) atoms. The molecule has 1 aromatic carbocycles. The molecule has 1 saturated heterocycles. The van der Waals surface area contributed by atoms with Gasteiger partial charge in [0.05, 0.1) is 23.0 Å². The van der Waals surface area contributed by atoms with Gasteiger partial charge in [-0.05, 0) is 25.0 Å². The average Bonchev–Trinajstić information content (AvgIpc) is 2.92. The number of benzene rings is 1. The molecule has 3 rings (SSSR count). The summed E-state index contributed by atoms with van der Waals surface area (Å²) in [5.41, 5.74) is 8.40. The Morgan fingerprint density at radius 3 is 2.54 bits per heavy atom. The summed E-state index contributed by atoms with van der Waals surface area (Å²) < 4.78 is 39.9. The second kappa shape index (κ2) is 5.65. The maximum absolute atomic E-state index is 13.3. The Kier molecular flexibility index (Phi) is 3.89. The topological polar surface area (TPSA) is 59.2 Å². The van der Waals surface area contributed by atoms with Gasteiger partial charge in [-0.15, -0.1) is 0 Å². The number of fused-ring (bicyclic) bond motifs is 1. The summed E-state index contributed by atoms with van der Waals surface area (Å²) in [6.07, 6.45) is -2.80. The van der Waals surface area contributed by atoms with E-state index in [0.29, 0.717) is 5.69 Å². The van der Waals surface area contributed by atoms with E-state index in [-0.39, 0.29) is 13.1 Å². The maximum atomic E-state index is 13.3. The average molecular weight is 337 g/mol. The number of aryl methyl sites for hydroxylation is 2. The number of hydrogen-bond acceptors (Lipinski definition) is 3. The minimum absolute atomic E-state index is 0.0343. The fourth-order valence-corrected chi connectivity index (χ4v) is 3.48. The van der Waals surface area contributed by atoms with Gasteiger partial charge >= 0.3 is 6.18 Å². The number of alkyl halides is 3. The van der Waals surface area contributed by atoms with Crippen LogP contribution in [-0.4, -0.2) is 30.2 Å². The molecule has 0 bridgehead atoms. The zero-order valence-electron chi connectivity index (χ0n) is 13.4. The van der Waals surface area contributed by atoms with Gasteiger partial charge in [0.1, 0.15) is 0 Å². The van der Waals surface area contributed by atoms with Crippen LogP contribution in [0.15, 0.2) is 24.4 Å². The number of halogens is 3. The minimum atomic E-state index is -4.46. The summed E-state index contributed by atoms with van der Waals surface area (Å²) in [6, 6.07) is 5.60. The van der Waals surface area contributed by atoms with Crippen molar-refractivity contribution in [3.05, 3.63) is 35.5 Å². The Morgan fingerprint density at radius 2 is 1.96 bits per heavy atom. The number of nitrogens with zero attached hydrogens (tertiary/aromatic N) is 2. The SMILES string of the molecule is Cc1cnc2c(C)cccc2c1N1C[C@@H](C(F)(F)F)[C@H](C(N)=O)C1. The molecular formula is C17H18F3N3O. The molecule has 4 nitrogen and oxygen atoms in total. The molecule has 1 fully saturated rings. The zero-order chi connectivity index (χ0) is 17.6. The van der Waals surface area contributed by atoms with E-state index >= 15 is 0 Å². The molecule has 0 unspecified atom stereocenters. The molecule has 0 radical (unpaired) electrons. The number of aromatic nitrogens is 1. The van der Waals surface area contributed by atoms with Crippen molar-refractivity contribution in [3.63, 3.8) is 0 Å². The van der Waals surface area contributed by atoms with E-state index in [4.69, 9.17) is 5.73 Å². The molecule has 1 aliphatic heterocycles. The van der Waals surface area contributed by atoms with Gasteiger partial charge in [-0.3, -0.25) is 9.78 Å². The Hall–Kier alpha value is -2.31. The second-order valence-corrected chi connectivity index (χ2v) is 6.32. The van der Waals surface area contributed by atoms with Gasteiger partial charge in [0.25, 0.3) is 0 Å². The van der Waals surface area contributed by atoms with E-state index < -0.39 is 23.9 Å². The Labute approximate surface area is 137 Å². The molecule has 1 aromatic heterocycles. The predicted octanol–water partition coefficient (Wildman–Crippen LogP) is 2.95. The first-order chi connectivity index (χ1) is 11.2. The van der Waals surface area contributed by atoms with Crippen LogP contribution in [0.25, 0.3) is 10.9 Å². The van der Waals surface area contributed by atoms with Crippen LogP contribution >= 0.6 is 0 Å². The number of rotatable bonds is 2. The molecule has 128 valence electrons. The summed E-state index contributed by atoms with van der Waals surface area (Å²) in [6.45, 7) is 3.41. The first-order valence-electron chi connectivity index (χ1n) is 7.66. The number of hydrogen-bond donors (Lipinski definition) is 1. The molecular weight excluding hydrogens is 319 g/mol. The third-order valence-electron chi connectivity index (χ3n) is 4.68. The molecule has 2 atom stereocenters. The fourth-order valence-electron chi connectivity index (χ4n) is 3.48. The van der Waals surface area contributed by atoms with Gasteiger partial charge in [0, 0.05) is 24.7 Å². The monoisotopic (exact) mass is 337 g/mol. The summed E-state index contributed by atoms with van der Waals surface area (Å²) in [5, 5.41) is 0.793. The minimum Gasteiger partial charge on any atom is -0.369 e. The highest BCUT2D eigenvalue weighted by atomic mass is 19.4. The molecule has 0 aliphatic carbocycles. The molecule has 2 heterocycles. The van der Waals surface area contributed by atoms with Crippen LogP contribution in [-0.2, 0) is 4.79 Å². The molecule has 2 aromatic rings. The lowest BCUT2D eigenvalue weighted by atomic mass is 9.95. The van der Waals surface area contributed by atoms with E-state index in [1.165, 1.54) is 0 Å².